The summed E-state index contributed by atoms with van der Waals surface area (Å²) in [5.41, 5.74) is 0.0911. The lowest BCUT2D eigenvalue weighted by atomic mass is 10.1. The van der Waals surface area contributed by atoms with Crippen molar-refractivity contribution < 1.29 is 22.7 Å². The van der Waals surface area contributed by atoms with Gasteiger partial charge in [0, 0.05) is 17.5 Å². The highest BCUT2D eigenvalue weighted by Gasteiger charge is 2.29. The topological polar surface area (TPSA) is 81.1 Å². The highest BCUT2D eigenvalue weighted by Crippen LogP contribution is 2.30. The van der Waals surface area contributed by atoms with E-state index in [1.807, 2.05) is 0 Å². The number of halogens is 4. The Hall–Kier alpha value is -2.49. The normalized spacial score (nSPS) is 16.7. The molecule has 1 aromatic heterocycles. The van der Waals surface area contributed by atoms with Gasteiger partial charge in [-0.2, -0.15) is 18.3 Å². The molecule has 7 nitrogen and oxygen atoms in total. The van der Waals surface area contributed by atoms with Crippen molar-refractivity contribution in [3.63, 3.8) is 0 Å². The standard InChI is InChI=1S/C15H15ClF3N5O2/c16-9-1-3-11(12(5-9)26-7-15(17,18)19)23-14(25)22-10-2-4-13-20-8-21-24(13)6-10/h1,3,5,8,10H,2,4,6-7H2,(H2,22,23,25). The van der Waals surface area contributed by atoms with Crippen molar-refractivity contribution in [3.8, 4) is 5.75 Å². The number of carbonyl (C=O) groups excluding carboxylic acids is 1. The van der Waals surface area contributed by atoms with Crippen molar-refractivity contribution in [2.75, 3.05) is 11.9 Å². The third kappa shape index (κ3) is 4.78. The SMILES string of the molecule is O=C(Nc1ccc(Cl)cc1OCC(F)(F)F)NC1CCc2ncnn2C1. The molecule has 11 heteroatoms. The molecule has 2 N–H and O–H groups in total. The molecule has 26 heavy (non-hydrogen) atoms. The van der Waals surface area contributed by atoms with Gasteiger partial charge < -0.3 is 15.4 Å². The maximum Gasteiger partial charge on any atom is 0.422 e. The molecule has 0 fully saturated rings. The second-order valence-electron chi connectivity index (χ2n) is 5.74. The second kappa shape index (κ2) is 7.40. The van der Waals surface area contributed by atoms with Gasteiger partial charge >= 0.3 is 12.2 Å². The molecular formula is C15H15ClF3N5O2. The summed E-state index contributed by atoms with van der Waals surface area (Å²) < 4.78 is 43.5. The zero-order valence-corrected chi connectivity index (χ0v) is 14.1. The summed E-state index contributed by atoms with van der Waals surface area (Å²) in [4.78, 5) is 16.3. The van der Waals surface area contributed by atoms with E-state index in [1.54, 1.807) is 4.68 Å². The number of nitrogens with one attached hydrogen (secondary N) is 2. The minimum Gasteiger partial charge on any atom is -0.482 e. The van der Waals surface area contributed by atoms with Gasteiger partial charge in [-0.3, -0.25) is 0 Å². The first kappa shape index (κ1) is 18.3. The highest BCUT2D eigenvalue weighted by atomic mass is 35.5. The Morgan fingerprint density at radius 2 is 2.23 bits per heavy atom. The molecule has 0 spiro atoms. The predicted octanol–water partition coefficient (Wildman–Crippen LogP) is 3.01. The van der Waals surface area contributed by atoms with Crippen molar-refractivity contribution in [1.29, 1.82) is 0 Å². The van der Waals surface area contributed by atoms with Crippen LogP contribution in [0.4, 0.5) is 23.7 Å². The average molecular weight is 390 g/mol. The van der Waals surface area contributed by atoms with Crippen LogP contribution in [0.2, 0.25) is 5.02 Å². The van der Waals surface area contributed by atoms with Crippen LogP contribution in [-0.4, -0.2) is 39.6 Å². The van der Waals surface area contributed by atoms with Crippen molar-refractivity contribution in [2.45, 2.75) is 31.6 Å². The number of rotatable bonds is 4. The van der Waals surface area contributed by atoms with Crippen molar-refractivity contribution in [2.24, 2.45) is 0 Å². The number of aryl methyl sites for hydroxylation is 1. The molecule has 2 heterocycles. The van der Waals surface area contributed by atoms with Crippen LogP contribution in [0.1, 0.15) is 12.2 Å². The minimum atomic E-state index is -4.50. The Morgan fingerprint density at radius 3 is 3.00 bits per heavy atom. The van der Waals surface area contributed by atoms with Crippen LogP contribution in [0, 0.1) is 0 Å². The van der Waals surface area contributed by atoms with Crippen LogP contribution in [0.15, 0.2) is 24.5 Å². The van der Waals surface area contributed by atoms with E-state index >= 15 is 0 Å². The van der Waals surface area contributed by atoms with Crippen molar-refractivity contribution in [1.82, 2.24) is 20.1 Å². The number of ether oxygens (including phenoxy) is 1. The molecule has 140 valence electrons. The Morgan fingerprint density at radius 1 is 1.42 bits per heavy atom. The largest absolute Gasteiger partial charge is 0.482 e. The quantitative estimate of drug-likeness (QED) is 0.842. The fourth-order valence-electron chi connectivity index (χ4n) is 2.58. The van der Waals surface area contributed by atoms with Crippen LogP contribution < -0.4 is 15.4 Å². The summed E-state index contributed by atoms with van der Waals surface area (Å²) in [5.74, 6) is 0.691. The highest BCUT2D eigenvalue weighted by molar-refractivity contribution is 6.30. The third-order valence-corrected chi connectivity index (χ3v) is 3.96. The Bertz CT molecular complexity index is 796. The molecule has 1 aliphatic heterocycles. The molecule has 0 saturated heterocycles. The van der Waals surface area contributed by atoms with Gasteiger partial charge in [0.15, 0.2) is 6.61 Å². The van der Waals surface area contributed by atoms with Gasteiger partial charge in [0.05, 0.1) is 18.3 Å². The number of anilines is 1. The van der Waals surface area contributed by atoms with E-state index in [1.165, 1.54) is 24.5 Å². The van der Waals surface area contributed by atoms with Crippen LogP contribution in [0.3, 0.4) is 0 Å². The van der Waals surface area contributed by atoms with E-state index in [2.05, 4.69) is 20.7 Å². The first-order valence-corrected chi connectivity index (χ1v) is 8.11. The molecule has 2 amide bonds. The number of carbonyl (C=O) groups is 1. The number of amides is 2. The van der Waals surface area contributed by atoms with Gasteiger partial charge in [0.25, 0.3) is 0 Å². The number of benzene rings is 1. The van der Waals surface area contributed by atoms with Gasteiger partial charge in [-0.05, 0) is 18.6 Å². The Labute approximate surface area is 151 Å². The van der Waals surface area contributed by atoms with Gasteiger partial charge in [-0.25, -0.2) is 14.5 Å². The van der Waals surface area contributed by atoms with Crippen LogP contribution in [0.25, 0.3) is 0 Å². The van der Waals surface area contributed by atoms with Crippen LogP contribution in [0.5, 0.6) is 5.75 Å². The zero-order valence-electron chi connectivity index (χ0n) is 13.4. The summed E-state index contributed by atoms with van der Waals surface area (Å²) >= 11 is 5.79. The zero-order chi connectivity index (χ0) is 18.7. The summed E-state index contributed by atoms with van der Waals surface area (Å²) in [5, 5.41) is 9.51. The van der Waals surface area contributed by atoms with Gasteiger partial charge in [0.1, 0.15) is 17.9 Å². The number of fused-ring (bicyclic) bond motifs is 1. The number of alkyl halides is 3. The van der Waals surface area contributed by atoms with Crippen LogP contribution in [-0.2, 0) is 13.0 Å². The second-order valence-corrected chi connectivity index (χ2v) is 6.17. The molecule has 0 saturated carbocycles. The predicted molar refractivity (Wildman–Crippen MR) is 87.3 cm³/mol. The average Bonchev–Trinajstić information content (AvgIpc) is 3.02. The van der Waals surface area contributed by atoms with Crippen molar-refractivity contribution in [3.05, 3.63) is 35.4 Å². The van der Waals surface area contributed by atoms with Gasteiger partial charge in [-0.1, -0.05) is 11.6 Å². The molecule has 1 atom stereocenters. The molecule has 3 rings (SSSR count). The number of aromatic nitrogens is 3. The van der Waals surface area contributed by atoms with E-state index in [9.17, 15) is 18.0 Å². The van der Waals surface area contributed by atoms with Crippen LogP contribution >= 0.6 is 11.6 Å². The number of nitrogens with zero attached hydrogens (tertiary/aromatic N) is 3. The maximum atomic E-state index is 12.4. The maximum absolute atomic E-state index is 12.4. The molecule has 0 aliphatic carbocycles. The van der Waals surface area contributed by atoms with E-state index < -0.39 is 18.8 Å². The summed E-state index contributed by atoms with van der Waals surface area (Å²) in [6, 6.07) is 3.31. The van der Waals surface area contributed by atoms with E-state index in [-0.39, 0.29) is 22.5 Å². The summed E-state index contributed by atoms with van der Waals surface area (Å²) in [6.45, 7) is -1.01. The van der Waals surface area contributed by atoms with E-state index in [4.69, 9.17) is 16.3 Å². The van der Waals surface area contributed by atoms with Gasteiger partial charge in [-0.15, -0.1) is 0 Å². The molecule has 0 radical (unpaired) electrons. The third-order valence-electron chi connectivity index (χ3n) is 3.72. The van der Waals surface area contributed by atoms with Crippen molar-refractivity contribution >= 4 is 23.3 Å². The van der Waals surface area contributed by atoms with E-state index in [0.29, 0.717) is 19.4 Å². The summed E-state index contributed by atoms with van der Waals surface area (Å²) in [6.07, 6.45) is -1.69. The Balaban J connectivity index is 1.62. The monoisotopic (exact) mass is 389 g/mol. The lowest BCUT2D eigenvalue weighted by Gasteiger charge is -2.24. The smallest absolute Gasteiger partial charge is 0.422 e. The minimum absolute atomic E-state index is 0.0911. The molecule has 1 unspecified atom stereocenters. The van der Waals surface area contributed by atoms with E-state index in [0.717, 1.165) is 5.82 Å². The molecule has 2 aromatic rings. The molecule has 0 bridgehead atoms. The fourth-order valence-corrected chi connectivity index (χ4v) is 2.74. The fraction of sp³-hybridized carbons (Fsp3) is 0.400. The lowest BCUT2D eigenvalue weighted by Crippen LogP contribution is -2.43. The lowest BCUT2D eigenvalue weighted by molar-refractivity contribution is -0.153. The first-order chi connectivity index (χ1) is 12.3. The first-order valence-electron chi connectivity index (χ1n) is 7.73. The number of urea groups is 1. The number of hydrogen-bond donors (Lipinski definition) is 2. The molecule has 1 aliphatic rings. The molecule has 1 aromatic carbocycles. The molecular weight excluding hydrogens is 375 g/mol. The Kier molecular flexibility index (Phi) is 5.21. The number of hydrogen-bond acceptors (Lipinski definition) is 4. The van der Waals surface area contributed by atoms with Gasteiger partial charge in [0.2, 0.25) is 0 Å². The summed E-state index contributed by atoms with van der Waals surface area (Å²) in [7, 11) is 0.